The van der Waals surface area contributed by atoms with Gasteiger partial charge in [-0.3, -0.25) is 4.79 Å². The van der Waals surface area contributed by atoms with E-state index in [0.717, 1.165) is 22.0 Å². The van der Waals surface area contributed by atoms with Crippen molar-refractivity contribution in [1.29, 1.82) is 0 Å². The Hall–Kier alpha value is -1.72. The van der Waals surface area contributed by atoms with Crippen molar-refractivity contribution in [2.24, 2.45) is 0 Å². The van der Waals surface area contributed by atoms with Crippen LogP contribution in [0.2, 0.25) is 0 Å². The highest BCUT2D eigenvalue weighted by Gasteiger charge is 2.09. The Kier molecular flexibility index (Phi) is 5.69. The van der Waals surface area contributed by atoms with E-state index in [1.807, 2.05) is 18.1 Å². The number of carboxylic acid groups (broad SMARTS) is 1. The molecule has 0 bridgehead atoms. The zero-order valence-corrected chi connectivity index (χ0v) is 14.1. The molecule has 0 saturated carbocycles. The maximum Gasteiger partial charge on any atom is 0.304 e. The smallest absolute Gasteiger partial charge is 0.304 e. The summed E-state index contributed by atoms with van der Waals surface area (Å²) in [6.45, 7) is 5.65. The molecule has 0 aliphatic rings. The second-order valence-electron chi connectivity index (χ2n) is 5.79. The molecule has 5 heteroatoms. The average Bonchev–Trinajstić information content (AvgIpc) is 2.93. The van der Waals surface area contributed by atoms with Crippen LogP contribution >= 0.6 is 11.3 Å². The molecule has 1 N–H and O–H groups in total. The first kappa shape index (κ1) is 16.6. The third kappa shape index (κ3) is 4.64. The van der Waals surface area contributed by atoms with Crippen molar-refractivity contribution in [3.63, 3.8) is 0 Å². The summed E-state index contributed by atoms with van der Waals surface area (Å²) in [5.41, 5.74) is 2.46. The molecule has 1 aromatic heterocycles. The second-order valence-corrected chi connectivity index (χ2v) is 6.91. The third-order valence-corrected chi connectivity index (χ3v) is 4.54. The van der Waals surface area contributed by atoms with Crippen molar-refractivity contribution in [3.05, 3.63) is 40.9 Å². The van der Waals surface area contributed by atoms with Gasteiger partial charge < -0.3 is 10.0 Å². The maximum absolute atomic E-state index is 10.6. The number of thiazole rings is 1. The van der Waals surface area contributed by atoms with Crippen LogP contribution in [0.1, 0.15) is 36.6 Å². The van der Waals surface area contributed by atoms with Crippen molar-refractivity contribution in [1.82, 2.24) is 9.88 Å². The zero-order valence-electron chi connectivity index (χ0n) is 13.2. The van der Waals surface area contributed by atoms with Gasteiger partial charge in [0.05, 0.1) is 6.42 Å². The molecular weight excluding hydrogens is 296 g/mol. The summed E-state index contributed by atoms with van der Waals surface area (Å²) in [4.78, 5) is 18.2. The average molecular weight is 318 g/mol. The zero-order chi connectivity index (χ0) is 16.1. The molecule has 1 aromatic carbocycles. The number of aromatic nitrogens is 1. The van der Waals surface area contributed by atoms with Gasteiger partial charge in [0.25, 0.3) is 0 Å². The number of carboxylic acids is 1. The van der Waals surface area contributed by atoms with Crippen molar-refractivity contribution < 1.29 is 9.90 Å². The van der Waals surface area contributed by atoms with Gasteiger partial charge in [-0.15, -0.1) is 11.3 Å². The molecule has 22 heavy (non-hydrogen) atoms. The lowest BCUT2D eigenvalue weighted by molar-refractivity contribution is -0.137. The standard InChI is InChI=1S/C17H22N2O2S/c1-12(2)13-4-6-14(7-5-13)17-18-10-15(22-17)11-19(3)9-8-16(20)21/h4-7,10,12H,8-9,11H2,1-3H3,(H,20,21). The van der Waals surface area contributed by atoms with E-state index in [9.17, 15) is 4.79 Å². The van der Waals surface area contributed by atoms with E-state index in [2.05, 4.69) is 43.1 Å². The summed E-state index contributed by atoms with van der Waals surface area (Å²) >= 11 is 1.66. The van der Waals surface area contributed by atoms with Crippen LogP contribution in [0.5, 0.6) is 0 Å². The Morgan fingerprint density at radius 3 is 2.59 bits per heavy atom. The normalized spacial score (nSPS) is 11.3. The van der Waals surface area contributed by atoms with Crippen LogP contribution in [0.15, 0.2) is 30.5 Å². The van der Waals surface area contributed by atoms with Gasteiger partial charge in [-0.05, 0) is 18.5 Å². The van der Waals surface area contributed by atoms with Crippen LogP contribution in [-0.4, -0.2) is 34.6 Å². The molecule has 1 heterocycles. The van der Waals surface area contributed by atoms with Gasteiger partial charge in [0, 0.05) is 29.7 Å². The molecular formula is C17H22N2O2S. The largest absolute Gasteiger partial charge is 0.481 e. The molecule has 2 aromatic rings. The van der Waals surface area contributed by atoms with Gasteiger partial charge in [0.1, 0.15) is 5.01 Å². The molecule has 0 amide bonds. The fraction of sp³-hybridized carbons (Fsp3) is 0.412. The SMILES string of the molecule is CC(C)c1ccc(-c2ncc(CN(C)CCC(=O)O)s2)cc1. The van der Waals surface area contributed by atoms with Crippen LogP contribution in [0.4, 0.5) is 0 Å². The second kappa shape index (κ2) is 7.51. The Labute approximate surface area is 135 Å². The highest BCUT2D eigenvalue weighted by molar-refractivity contribution is 7.15. The highest BCUT2D eigenvalue weighted by atomic mass is 32.1. The van der Waals surface area contributed by atoms with Crippen molar-refractivity contribution in [2.45, 2.75) is 32.7 Å². The van der Waals surface area contributed by atoms with Crippen LogP contribution < -0.4 is 0 Å². The topological polar surface area (TPSA) is 53.4 Å². The minimum atomic E-state index is -0.762. The molecule has 0 aliphatic carbocycles. The highest BCUT2D eigenvalue weighted by Crippen LogP contribution is 2.27. The molecule has 4 nitrogen and oxygen atoms in total. The van der Waals surface area contributed by atoms with Gasteiger partial charge in [-0.2, -0.15) is 0 Å². The summed E-state index contributed by atoms with van der Waals surface area (Å²) < 4.78 is 0. The maximum atomic E-state index is 10.6. The molecule has 0 atom stereocenters. The molecule has 0 saturated heterocycles. The molecule has 0 unspecified atom stereocenters. The predicted molar refractivity (Wildman–Crippen MR) is 90.2 cm³/mol. The molecule has 0 radical (unpaired) electrons. The molecule has 2 rings (SSSR count). The number of hydrogen-bond donors (Lipinski definition) is 1. The molecule has 0 spiro atoms. The van der Waals surface area contributed by atoms with E-state index in [1.165, 1.54) is 5.56 Å². The lowest BCUT2D eigenvalue weighted by Crippen LogP contribution is -2.20. The van der Waals surface area contributed by atoms with E-state index >= 15 is 0 Å². The minimum Gasteiger partial charge on any atom is -0.481 e. The first-order valence-electron chi connectivity index (χ1n) is 7.41. The summed E-state index contributed by atoms with van der Waals surface area (Å²) in [7, 11) is 1.93. The fourth-order valence-corrected chi connectivity index (χ4v) is 3.15. The summed E-state index contributed by atoms with van der Waals surface area (Å²) in [6, 6.07) is 8.54. The number of benzene rings is 1. The summed E-state index contributed by atoms with van der Waals surface area (Å²) in [6.07, 6.45) is 2.05. The molecule has 118 valence electrons. The molecule has 0 fully saturated rings. The number of nitrogens with zero attached hydrogens (tertiary/aromatic N) is 2. The quantitative estimate of drug-likeness (QED) is 0.842. The van der Waals surface area contributed by atoms with Gasteiger partial charge in [0.2, 0.25) is 0 Å². The third-order valence-electron chi connectivity index (χ3n) is 3.51. The lowest BCUT2D eigenvalue weighted by Gasteiger charge is -2.13. The Bertz CT molecular complexity index is 620. The van der Waals surface area contributed by atoms with Crippen molar-refractivity contribution in [3.8, 4) is 10.6 Å². The minimum absolute atomic E-state index is 0.166. The summed E-state index contributed by atoms with van der Waals surface area (Å²) in [5.74, 6) is -0.231. The molecule has 0 aliphatic heterocycles. The van der Waals surface area contributed by atoms with Crippen LogP contribution in [0.25, 0.3) is 10.6 Å². The van der Waals surface area contributed by atoms with Gasteiger partial charge in [-0.25, -0.2) is 4.98 Å². The fourth-order valence-electron chi connectivity index (χ4n) is 2.16. The van der Waals surface area contributed by atoms with Crippen LogP contribution in [-0.2, 0) is 11.3 Å². The van der Waals surface area contributed by atoms with Crippen LogP contribution in [0, 0.1) is 0 Å². The lowest BCUT2D eigenvalue weighted by atomic mass is 10.0. The first-order valence-corrected chi connectivity index (χ1v) is 8.22. The monoisotopic (exact) mass is 318 g/mol. The van der Waals surface area contributed by atoms with Crippen molar-refractivity contribution in [2.75, 3.05) is 13.6 Å². The van der Waals surface area contributed by atoms with Crippen LogP contribution in [0.3, 0.4) is 0 Å². The van der Waals surface area contributed by atoms with Gasteiger partial charge in [-0.1, -0.05) is 38.1 Å². The van der Waals surface area contributed by atoms with Crippen molar-refractivity contribution >= 4 is 17.3 Å². The number of rotatable bonds is 7. The van der Waals surface area contributed by atoms with E-state index < -0.39 is 5.97 Å². The van der Waals surface area contributed by atoms with E-state index in [-0.39, 0.29) is 6.42 Å². The Morgan fingerprint density at radius 1 is 1.32 bits per heavy atom. The number of hydrogen-bond acceptors (Lipinski definition) is 4. The van der Waals surface area contributed by atoms with Gasteiger partial charge in [0.15, 0.2) is 0 Å². The van der Waals surface area contributed by atoms with E-state index in [4.69, 9.17) is 5.11 Å². The Balaban J connectivity index is 2.00. The van der Waals surface area contributed by atoms with Gasteiger partial charge >= 0.3 is 5.97 Å². The predicted octanol–water partition coefficient (Wildman–Crippen LogP) is 3.84. The number of aliphatic carboxylic acids is 1. The van der Waals surface area contributed by atoms with E-state index in [0.29, 0.717) is 12.5 Å². The van der Waals surface area contributed by atoms with E-state index in [1.54, 1.807) is 11.3 Å². The summed E-state index contributed by atoms with van der Waals surface area (Å²) in [5, 5.41) is 9.72. The number of carbonyl (C=O) groups is 1. The Morgan fingerprint density at radius 2 is 2.00 bits per heavy atom. The first-order chi connectivity index (χ1) is 10.5.